The minimum absolute atomic E-state index is 0. The summed E-state index contributed by atoms with van der Waals surface area (Å²) < 4.78 is 87.7. The van der Waals surface area contributed by atoms with Gasteiger partial charge in [-0.25, -0.2) is 0 Å². The predicted molar refractivity (Wildman–Crippen MR) is 296 cm³/mol. The van der Waals surface area contributed by atoms with Crippen LogP contribution in [0.2, 0.25) is 0 Å². The fourth-order valence-corrected chi connectivity index (χ4v) is 9.12. The van der Waals surface area contributed by atoms with Crippen LogP contribution in [0.25, 0.3) is 36.8 Å². The highest BCUT2D eigenvalue weighted by Gasteiger charge is 2.51. The lowest BCUT2D eigenvalue weighted by atomic mass is 9.71. The number of hydrogen-bond acceptors (Lipinski definition) is 13. The van der Waals surface area contributed by atoms with Crippen molar-refractivity contribution in [3.8, 4) is 20.9 Å². The lowest BCUT2D eigenvalue weighted by Gasteiger charge is -2.33. The van der Waals surface area contributed by atoms with E-state index in [0.717, 1.165) is 64.1 Å². The molecule has 0 fully saturated rings. The van der Waals surface area contributed by atoms with Gasteiger partial charge in [0.15, 0.2) is 5.41 Å². The number of benzene rings is 4. The molecule has 2 heterocycles. The Morgan fingerprint density at radius 2 is 0.973 bits per heavy atom. The number of carbonyl (C=O) groups excluding carboxylic acids is 2. The van der Waals surface area contributed by atoms with Gasteiger partial charge in [-0.2, -0.15) is 8.42 Å². The average molecular weight is 1090 g/mol. The lowest BCUT2D eigenvalue weighted by Crippen LogP contribution is -2.44. The summed E-state index contributed by atoms with van der Waals surface area (Å²) in [7, 11) is -9.89. The van der Waals surface area contributed by atoms with Crippen molar-refractivity contribution in [1.82, 2.24) is 0 Å². The molecule has 4 aromatic carbocycles. The van der Waals surface area contributed by atoms with E-state index in [2.05, 4.69) is 140 Å². The van der Waals surface area contributed by atoms with Gasteiger partial charge in [-0.05, 0) is 96.5 Å². The fraction of sp³-hybridized carbons (Fsp3) is 0.218. The molecule has 0 radical (unpaired) electrons. The second-order valence-corrected chi connectivity index (χ2v) is 19.1. The Balaban J connectivity index is 0.00000139. The predicted octanol–water partition coefficient (Wildman–Crippen LogP) is 12.7. The average Bonchev–Trinajstić information content (AvgIpc) is 3.36. The number of carbonyl (C=O) groups is 2. The molecular weight excluding hydrogens is 1030 g/mol. The smallest absolute Gasteiger partial charge is 0.425 e. The van der Waals surface area contributed by atoms with Crippen molar-refractivity contribution >= 4 is 82.3 Å². The monoisotopic (exact) mass is 1090 g/mol. The van der Waals surface area contributed by atoms with E-state index in [0.29, 0.717) is 6.26 Å². The third kappa shape index (κ3) is 22.7. The molecule has 5 aromatic rings. The molecule has 0 atom stereocenters. The van der Waals surface area contributed by atoms with Gasteiger partial charge in [0.2, 0.25) is 21.1 Å². The molecule has 0 unspecified atom stereocenters. The summed E-state index contributed by atoms with van der Waals surface area (Å²) in [5, 5.41) is 0. The first-order chi connectivity index (χ1) is 33.9. The number of thioether (sulfide) groups is 1. The van der Waals surface area contributed by atoms with E-state index in [4.69, 9.17) is 39.3 Å². The molecule has 0 saturated heterocycles. The van der Waals surface area contributed by atoms with Crippen LogP contribution in [-0.2, 0) is 50.4 Å². The summed E-state index contributed by atoms with van der Waals surface area (Å²) in [4.78, 5) is 32.3. The van der Waals surface area contributed by atoms with E-state index in [1.165, 1.54) is 0 Å². The van der Waals surface area contributed by atoms with Crippen molar-refractivity contribution in [2.45, 2.75) is 55.4 Å². The Bertz CT molecular complexity index is 2930. The maximum Gasteiger partial charge on any atom is 0.425 e. The van der Waals surface area contributed by atoms with Gasteiger partial charge in [0, 0.05) is 33.1 Å². The molecule has 1 aliphatic carbocycles. The normalized spacial score (nSPS) is 13.6. The minimum Gasteiger partial charge on any atom is -0.465 e. The van der Waals surface area contributed by atoms with E-state index in [9.17, 15) is 18.0 Å². The molecule has 18 heteroatoms. The van der Waals surface area contributed by atoms with Crippen LogP contribution in [0, 0.1) is 5.41 Å². The van der Waals surface area contributed by atoms with Crippen LogP contribution in [0.3, 0.4) is 0 Å². The molecule has 388 valence electrons. The second-order valence-electron chi connectivity index (χ2n) is 14.7. The Morgan fingerprint density at radius 1 is 0.616 bits per heavy atom. The van der Waals surface area contributed by atoms with Crippen LogP contribution in [0.1, 0.15) is 72.1 Å². The largest absolute Gasteiger partial charge is 0.465 e. The Morgan fingerprint density at radius 3 is 1.33 bits per heavy atom. The standard InChI is InChI=1S/C50H43O4S2.C2H6.CH4O3S.2CH4.2O3S/c1-3-53-48(51)50(49(52)54-4-2)34-38(27-25-36-30-44(40-17-9-5-10-18-40)55-45(31-36)41-19-11-6-12-20-41)29-39(35-50)28-26-37-32-46(42-21-13-7-14-22-42)56-47(33-37)43-23-15-8-16-24-43;1-2;1-5(2,3)4;;;2*1-4(2)3/h5-33H,3-4,34-35H2,1-2H3;1-2H3;1H3,(H,2,3,4);2*1H4;;/q+1;;;;;;. The SMILES string of the molecule is C.C.CC.CCOC(=O)C1(C(=O)OCC)CC(/C=C/c2cc(-c3ccccc3)[s+]c(-c3ccccc3)c2)=CC(=C/C=C2C=C(c3ccccc3)SC(c3ccccc3)=C2)/C1.CS(=O)(=O)O.O=S(=O)=O.O=S(=O)=O. The molecule has 73 heavy (non-hydrogen) atoms. The molecule has 1 N–H and O–H groups in total. The molecule has 0 saturated carbocycles. The van der Waals surface area contributed by atoms with Crippen molar-refractivity contribution in [3.63, 3.8) is 0 Å². The van der Waals surface area contributed by atoms with E-state index in [-0.39, 0.29) is 40.9 Å². The van der Waals surface area contributed by atoms with Crippen molar-refractivity contribution in [3.05, 3.63) is 203 Å². The molecule has 1 aliphatic heterocycles. The third-order valence-electron chi connectivity index (χ3n) is 9.56. The number of rotatable bonds is 11. The second kappa shape index (κ2) is 33.1. The summed E-state index contributed by atoms with van der Waals surface area (Å²) in [5.74, 6) is -1.14. The molecule has 0 spiro atoms. The van der Waals surface area contributed by atoms with Gasteiger partial charge in [-0.3, -0.25) is 14.1 Å². The van der Waals surface area contributed by atoms with Gasteiger partial charge in [0.25, 0.3) is 10.1 Å². The van der Waals surface area contributed by atoms with Crippen LogP contribution in [-0.4, -0.2) is 69.6 Å². The maximum atomic E-state index is 13.9. The molecule has 2 aliphatic rings. The van der Waals surface area contributed by atoms with E-state index < -0.39 is 48.7 Å². The van der Waals surface area contributed by atoms with Gasteiger partial charge in [-0.15, -0.1) is 25.3 Å². The van der Waals surface area contributed by atoms with Crippen LogP contribution in [0.4, 0.5) is 0 Å². The minimum atomic E-state index is -3.67. The van der Waals surface area contributed by atoms with Crippen molar-refractivity contribution in [2.24, 2.45) is 5.41 Å². The summed E-state index contributed by atoms with van der Waals surface area (Å²) >= 11 is 3.49. The molecule has 7 rings (SSSR count). The summed E-state index contributed by atoms with van der Waals surface area (Å²) in [6, 6.07) is 45.9. The van der Waals surface area contributed by atoms with Gasteiger partial charge >= 0.3 is 33.2 Å². The molecule has 0 bridgehead atoms. The zero-order valence-electron chi connectivity index (χ0n) is 39.5. The Hall–Kier alpha value is -6.67. The highest BCUT2D eigenvalue weighted by atomic mass is 32.2. The highest BCUT2D eigenvalue weighted by Crippen LogP contribution is 2.45. The van der Waals surface area contributed by atoms with E-state index in [1.807, 2.05) is 50.3 Å². The van der Waals surface area contributed by atoms with Gasteiger partial charge in [0.1, 0.15) is 0 Å². The van der Waals surface area contributed by atoms with E-state index in [1.54, 1.807) is 36.9 Å². The van der Waals surface area contributed by atoms with Gasteiger partial charge in [0.05, 0.1) is 19.5 Å². The number of allylic oxidation sites excluding steroid dienone is 9. The van der Waals surface area contributed by atoms with E-state index >= 15 is 0 Å². The third-order valence-corrected chi connectivity index (χ3v) is 11.9. The van der Waals surface area contributed by atoms with Crippen LogP contribution in [0.5, 0.6) is 0 Å². The van der Waals surface area contributed by atoms with Gasteiger partial charge in [-0.1, -0.05) is 168 Å². The lowest BCUT2D eigenvalue weighted by molar-refractivity contribution is -0.172. The summed E-state index contributed by atoms with van der Waals surface area (Å²) in [5.41, 5.74) is 6.71. The summed E-state index contributed by atoms with van der Waals surface area (Å²) in [6.07, 6.45) is 15.7. The zero-order valence-corrected chi connectivity index (χ0v) is 43.5. The van der Waals surface area contributed by atoms with Gasteiger partial charge < -0.3 is 9.47 Å². The Kier molecular flexibility index (Phi) is 29.2. The van der Waals surface area contributed by atoms with Crippen molar-refractivity contribution < 1.29 is 57.3 Å². The first-order valence-electron chi connectivity index (χ1n) is 21.8. The topological polar surface area (TPSA) is 209 Å². The highest BCUT2D eigenvalue weighted by molar-refractivity contribution is 8.16. The fourth-order valence-electron chi connectivity index (χ4n) is 6.85. The quantitative estimate of drug-likeness (QED) is 0.0565. The van der Waals surface area contributed by atoms with Crippen LogP contribution < -0.4 is 0 Å². The first kappa shape index (κ1) is 64.3. The molecular formula is C55H61O13S5+. The van der Waals surface area contributed by atoms with Crippen LogP contribution >= 0.6 is 23.1 Å². The van der Waals surface area contributed by atoms with Crippen LogP contribution in [0.15, 0.2) is 187 Å². The molecule has 1 aromatic heterocycles. The number of hydrogen-bond donors (Lipinski definition) is 1. The molecule has 13 nitrogen and oxygen atoms in total. The number of ether oxygens (including phenoxy) is 2. The summed E-state index contributed by atoms with van der Waals surface area (Å²) in [6.45, 7) is 7.84. The maximum absolute atomic E-state index is 13.9. The van der Waals surface area contributed by atoms with Crippen molar-refractivity contribution in [1.29, 1.82) is 0 Å². The molecule has 0 amide bonds. The van der Waals surface area contributed by atoms with Crippen molar-refractivity contribution in [2.75, 3.05) is 19.5 Å². The first-order valence-corrected chi connectivity index (χ1v) is 27.3. The Labute approximate surface area is 441 Å². The number of esters is 2. The zero-order chi connectivity index (χ0) is 52.4.